The van der Waals surface area contributed by atoms with Gasteiger partial charge in [0.1, 0.15) is 23.4 Å². The normalized spacial score (nSPS) is 11.2. The van der Waals surface area contributed by atoms with E-state index in [0.717, 1.165) is 16.9 Å². The van der Waals surface area contributed by atoms with Crippen molar-refractivity contribution < 1.29 is 0 Å². The molecule has 0 aliphatic carbocycles. The van der Waals surface area contributed by atoms with Crippen molar-refractivity contribution in [2.45, 2.75) is 0 Å². The number of nitrogens with one attached hydrogen (secondary N) is 1. The molecule has 0 saturated heterocycles. The Morgan fingerprint density at radius 2 is 2.00 bits per heavy atom. The van der Waals surface area contributed by atoms with Crippen LogP contribution < -0.4 is 0 Å². The van der Waals surface area contributed by atoms with Gasteiger partial charge in [0.25, 0.3) is 0 Å². The van der Waals surface area contributed by atoms with Crippen LogP contribution in [0.1, 0.15) is 0 Å². The number of H-pyrrole nitrogens is 1. The van der Waals surface area contributed by atoms with Crippen LogP contribution in [0.25, 0.3) is 28.4 Å². The third-order valence-corrected chi connectivity index (χ3v) is 3.92. The Bertz CT molecular complexity index is 959. The lowest BCUT2D eigenvalue weighted by molar-refractivity contribution is 1.08. The Labute approximate surface area is 135 Å². The molecule has 0 fully saturated rings. The summed E-state index contributed by atoms with van der Waals surface area (Å²) in [6, 6.07) is 11.1. The lowest BCUT2D eigenvalue weighted by atomic mass is 10.1. The van der Waals surface area contributed by atoms with E-state index in [-0.39, 0.29) is 0 Å². The number of rotatable bonds is 2. The molecule has 22 heavy (non-hydrogen) atoms. The van der Waals surface area contributed by atoms with Gasteiger partial charge in [-0.3, -0.25) is 9.50 Å². The Morgan fingerprint density at radius 1 is 1.09 bits per heavy atom. The number of aromatic nitrogens is 5. The highest BCUT2D eigenvalue weighted by Crippen LogP contribution is 2.36. The van der Waals surface area contributed by atoms with Gasteiger partial charge in [-0.05, 0) is 30.3 Å². The van der Waals surface area contributed by atoms with Gasteiger partial charge < -0.3 is 0 Å². The molecule has 0 bridgehead atoms. The summed E-state index contributed by atoms with van der Waals surface area (Å²) >= 11 is 12.5. The number of benzene rings is 1. The summed E-state index contributed by atoms with van der Waals surface area (Å²) in [6.45, 7) is 0. The summed E-state index contributed by atoms with van der Waals surface area (Å²) in [7, 11) is 0. The van der Waals surface area contributed by atoms with E-state index in [0.29, 0.717) is 21.6 Å². The number of hydrogen-bond donors (Lipinski definition) is 1. The Hall–Kier alpha value is -2.37. The maximum absolute atomic E-state index is 6.34. The van der Waals surface area contributed by atoms with Crippen LogP contribution in [0.4, 0.5) is 0 Å². The number of fused-ring (bicyclic) bond motifs is 1. The molecule has 1 aromatic carbocycles. The second kappa shape index (κ2) is 5.12. The van der Waals surface area contributed by atoms with Crippen LogP contribution in [-0.4, -0.2) is 24.6 Å². The zero-order valence-corrected chi connectivity index (χ0v) is 12.7. The van der Waals surface area contributed by atoms with E-state index >= 15 is 0 Å². The van der Waals surface area contributed by atoms with Crippen molar-refractivity contribution in [3.8, 4) is 22.8 Å². The number of halogens is 2. The fraction of sp³-hybridized carbons (Fsp3) is 0. The van der Waals surface area contributed by atoms with Crippen LogP contribution in [0.2, 0.25) is 10.0 Å². The quantitative estimate of drug-likeness (QED) is 0.602. The van der Waals surface area contributed by atoms with Gasteiger partial charge in [0.2, 0.25) is 0 Å². The minimum atomic E-state index is 0.577. The number of hydrogen-bond acceptors (Lipinski definition) is 3. The summed E-state index contributed by atoms with van der Waals surface area (Å²) in [6.07, 6.45) is 3.38. The van der Waals surface area contributed by atoms with Crippen LogP contribution in [0.5, 0.6) is 0 Å². The van der Waals surface area contributed by atoms with E-state index in [1.807, 2.05) is 28.8 Å². The molecule has 0 saturated carbocycles. The number of aromatic amines is 1. The largest absolute Gasteiger partial charge is 0.296 e. The highest BCUT2D eigenvalue weighted by atomic mass is 35.5. The second-order valence-corrected chi connectivity index (χ2v) is 5.54. The molecule has 108 valence electrons. The zero-order chi connectivity index (χ0) is 15.1. The number of imidazole rings is 1. The standard InChI is InChI=1S/C15H9Cl2N5/c16-9-4-5-11(17)10(7-9)13-14(15-18-8-19-21-15)22-6-2-1-3-12(22)20-13/h1-8H,(H,18,19,21). The average Bonchev–Trinajstić information content (AvgIpc) is 3.16. The monoisotopic (exact) mass is 329 g/mol. The van der Waals surface area contributed by atoms with Gasteiger partial charge in [-0.2, -0.15) is 5.10 Å². The highest BCUT2D eigenvalue weighted by Gasteiger charge is 2.19. The summed E-state index contributed by atoms with van der Waals surface area (Å²) in [5.74, 6) is 0.616. The third-order valence-electron chi connectivity index (χ3n) is 3.35. The maximum atomic E-state index is 6.34. The molecule has 1 N–H and O–H groups in total. The Morgan fingerprint density at radius 3 is 2.82 bits per heavy atom. The van der Waals surface area contributed by atoms with Gasteiger partial charge in [-0.15, -0.1) is 0 Å². The lowest BCUT2D eigenvalue weighted by Gasteiger charge is -2.05. The van der Waals surface area contributed by atoms with E-state index in [2.05, 4.69) is 20.2 Å². The summed E-state index contributed by atoms with van der Waals surface area (Å²) in [4.78, 5) is 8.92. The van der Waals surface area contributed by atoms with Gasteiger partial charge in [0.15, 0.2) is 5.82 Å². The minimum Gasteiger partial charge on any atom is -0.296 e. The van der Waals surface area contributed by atoms with E-state index < -0.39 is 0 Å². The molecular weight excluding hydrogens is 321 g/mol. The molecule has 3 heterocycles. The Balaban J connectivity index is 2.09. The third kappa shape index (κ3) is 2.06. The molecule has 0 spiro atoms. The van der Waals surface area contributed by atoms with Crippen LogP contribution in [0, 0.1) is 0 Å². The maximum Gasteiger partial charge on any atom is 0.174 e. The average molecular weight is 330 g/mol. The second-order valence-electron chi connectivity index (χ2n) is 4.70. The minimum absolute atomic E-state index is 0.577. The molecule has 0 aliphatic rings. The van der Waals surface area contributed by atoms with Gasteiger partial charge in [0.05, 0.1) is 5.02 Å². The zero-order valence-electron chi connectivity index (χ0n) is 11.2. The van der Waals surface area contributed by atoms with E-state index in [9.17, 15) is 0 Å². The molecule has 0 atom stereocenters. The van der Waals surface area contributed by atoms with E-state index in [1.165, 1.54) is 6.33 Å². The summed E-state index contributed by atoms with van der Waals surface area (Å²) < 4.78 is 1.94. The van der Waals surface area contributed by atoms with Crippen molar-refractivity contribution in [3.05, 3.63) is 59.0 Å². The van der Waals surface area contributed by atoms with Crippen molar-refractivity contribution in [2.75, 3.05) is 0 Å². The highest BCUT2D eigenvalue weighted by molar-refractivity contribution is 6.35. The van der Waals surface area contributed by atoms with E-state index in [4.69, 9.17) is 23.2 Å². The molecule has 0 aliphatic heterocycles. The summed E-state index contributed by atoms with van der Waals surface area (Å²) in [5.41, 5.74) is 3.04. The predicted octanol–water partition coefficient (Wildman–Crippen LogP) is 4.09. The molecule has 5 nitrogen and oxygen atoms in total. The SMILES string of the molecule is Clc1ccc(Cl)c(-c2nc3ccccn3c2-c2ncn[nH]2)c1. The van der Waals surface area contributed by atoms with Crippen molar-refractivity contribution in [2.24, 2.45) is 0 Å². The molecule has 4 rings (SSSR count). The molecule has 0 amide bonds. The first-order valence-corrected chi connectivity index (χ1v) is 7.28. The van der Waals surface area contributed by atoms with E-state index in [1.54, 1.807) is 18.2 Å². The van der Waals surface area contributed by atoms with Crippen molar-refractivity contribution in [1.82, 2.24) is 24.6 Å². The van der Waals surface area contributed by atoms with Crippen LogP contribution in [0.3, 0.4) is 0 Å². The number of nitrogens with zero attached hydrogens (tertiary/aromatic N) is 4. The molecule has 3 aromatic heterocycles. The van der Waals surface area contributed by atoms with Crippen LogP contribution in [0.15, 0.2) is 48.9 Å². The predicted molar refractivity (Wildman–Crippen MR) is 86.0 cm³/mol. The lowest BCUT2D eigenvalue weighted by Crippen LogP contribution is -1.91. The van der Waals surface area contributed by atoms with Crippen molar-refractivity contribution in [3.63, 3.8) is 0 Å². The van der Waals surface area contributed by atoms with Crippen molar-refractivity contribution >= 4 is 28.8 Å². The van der Waals surface area contributed by atoms with Crippen LogP contribution >= 0.6 is 23.2 Å². The first kappa shape index (κ1) is 13.3. The molecule has 4 aromatic rings. The fourth-order valence-electron chi connectivity index (χ4n) is 2.41. The van der Waals surface area contributed by atoms with Gasteiger partial charge >= 0.3 is 0 Å². The molecule has 0 radical (unpaired) electrons. The fourth-order valence-corrected chi connectivity index (χ4v) is 2.79. The van der Waals surface area contributed by atoms with Crippen LogP contribution in [-0.2, 0) is 0 Å². The Kier molecular flexibility index (Phi) is 3.10. The number of pyridine rings is 1. The first-order valence-electron chi connectivity index (χ1n) is 6.52. The van der Waals surface area contributed by atoms with Crippen molar-refractivity contribution in [1.29, 1.82) is 0 Å². The molecule has 0 unspecified atom stereocenters. The molecular formula is C15H9Cl2N5. The summed E-state index contributed by atoms with van der Waals surface area (Å²) in [5, 5.41) is 7.98. The first-order chi connectivity index (χ1) is 10.7. The molecule has 7 heteroatoms. The van der Waals surface area contributed by atoms with Gasteiger partial charge in [-0.25, -0.2) is 9.97 Å². The topological polar surface area (TPSA) is 58.9 Å². The van der Waals surface area contributed by atoms with Gasteiger partial charge in [0, 0.05) is 16.8 Å². The smallest absolute Gasteiger partial charge is 0.174 e. The van der Waals surface area contributed by atoms with Gasteiger partial charge in [-0.1, -0.05) is 29.3 Å².